The van der Waals surface area contributed by atoms with Crippen LogP contribution >= 0.6 is 0 Å². The van der Waals surface area contributed by atoms with Crippen molar-refractivity contribution in [1.82, 2.24) is 15.5 Å². The van der Waals surface area contributed by atoms with Crippen LogP contribution in [-0.2, 0) is 0 Å². The van der Waals surface area contributed by atoms with E-state index < -0.39 is 0 Å². The Morgan fingerprint density at radius 2 is 1.86 bits per heavy atom. The van der Waals surface area contributed by atoms with Crippen LogP contribution in [0.2, 0.25) is 0 Å². The van der Waals surface area contributed by atoms with Crippen molar-refractivity contribution in [3.63, 3.8) is 0 Å². The molecule has 0 radical (unpaired) electrons. The molecule has 2 aliphatic heterocycles. The second kappa shape index (κ2) is 10.6. The summed E-state index contributed by atoms with van der Waals surface area (Å²) in [5.41, 5.74) is 1.14. The van der Waals surface area contributed by atoms with E-state index in [4.69, 9.17) is 14.5 Å². The first kappa shape index (κ1) is 21.6. The number of hydrogen-bond donors (Lipinski definition) is 2. The van der Waals surface area contributed by atoms with Crippen molar-refractivity contribution in [3.8, 4) is 11.5 Å². The standard InChI is InChI=1S/C22H37N5O2/c1-5-23-22(24-15-18-8-7-10-26(18)6-2)25-17-9-11-27(16-17)19-12-20(28-3)14-21(13-19)29-4/h12-14,17-18H,5-11,15-16H2,1-4H3,(H2,23,24,25). The molecule has 1 aromatic rings. The molecule has 7 heteroatoms. The van der Waals surface area contributed by atoms with Gasteiger partial charge in [-0.2, -0.15) is 0 Å². The summed E-state index contributed by atoms with van der Waals surface area (Å²) in [5, 5.41) is 7.07. The molecular formula is C22H37N5O2. The molecule has 2 unspecified atom stereocenters. The number of likely N-dealkylation sites (N-methyl/N-ethyl adjacent to an activating group) is 1. The van der Waals surface area contributed by atoms with Crippen LogP contribution in [0.5, 0.6) is 11.5 Å². The minimum Gasteiger partial charge on any atom is -0.497 e. The third-order valence-electron chi connectivity index (χ3n) is 5.94. The van der Waals surface area contributed by atoms with Crippen molar-refractivity contribution < 1.29 is 9.47 Å². The second-order valence-corrected chi connectivity index (χ2v) is 7.79. The molecule has 0 bridgehead atoms. The van der Waals surface area contributed by atoms with E-state index in [1.807, 2.05) is 6.07 Å². The Kier molecular flexibility index (Phi) is 7.86. The number of nitrogens with zero attached hydrogens (tertiary/aromatic N) is 3. The quantitative estimate of drug-likeness (QED) is 0.513. The summed E-state index contributed by atoms with van der Waals surface area (Å²) in [6, 6.07) is 7.01. The number of anilines is 1. The van der Waals surface area contributed by atoms with Crippen molar-refractivity contribution in [2.24, 2.45) is 4.99 Å². The molecule has 0 spiro atoms. The van der Waals surface area contributed by atoms with Gasteiger partial charge in [-0.05, 0) is 39.3 Å². The summed E-state index contributed by atoms with van der Waals surface area (Å²) < 4.78 is 10.8. The predicted molar refractivity (Wildman–Crippen MR) is 120 cm³/mol. The zero-order valence-corrected chi connectivity index (χ0v) is 18.4. The molecule has 29 heavy (non-hydrogen) atoms. The molecule has 2 atom stereocenters. The number of ether oxygens (including phenoxy) is 2. The molecule has 3 rings (SSSR count). The van der Waals surface area contributed by atoms with Crippen molar-refractivity contribution in [1.29, 1.82) is 0 Å². The Morgan fingerprint density at radius 1 is 1.10 bits per heavy atom. The molecule has 2 saturated heterocycles. The third-order valence-corrected chi connectivity index (χ3v) is 5.94. The zero-order chi connectivity index (χ0) is 20.6. The first-order valence-electron chi connectivity index (χ1n) is 10.9. The van der Waals surface area contributed by atoms with Crippen LogP contribution in [0, 0.1) is 0 Å². The Labute approximate surface area is 175 Å². The molecule has 0 aliphatic carbocycles. The van der Waals surface area contributed by atoms with Gasteiger partial charge in [-0.1, -0.05) is 6.92 Å². The summed E-state index contributed by atoms with van der Waals surface area (Å²) in [4.78, 5) is 9.82. The van der Waals surface area contributed by atoms with Crippen molar-refractivity contribution in [3.05, 3.63) is 18.2 Å². The molecule has 7 nitrogen and oxygen atoms in total. The van der Waals surface area contributed by atoms with Crippen LogP contribution in [-0.4, -0.2) is 76.4 Å². The third kappa shape index (κ3) is 5.69. The van der Waals surface area contributed by atoms with E-state index in [9.17, 15) is 0 Å². The number of nitrogens with one attached hydrogen (secondary N) is 2. The first-order valence-corrected chi connectivity index (χ1v) is 10.9. The zero-order valence-electron chi connectivity index (χ0n) is 18.4. The fourth-order valence-electron chi connectivity index (χ4n) is 4.32. The molecule has 162 valence electrons. The SMILES string of the molecule is CCNC(=NCC1CCCN1CC)NC1CCN(c2cc(OC)cc(OC)c2)C1. The van der Waals surface area contributed by atoms with E-state index in [1.54, 1.807) is 14.2 Å². The maximum absolute atomic E-state index is 5.42. The average molecular weight is 404 g/mol. The van der Waals surface area contributed by atoms with E-state index in [1.165, 1.54) is 19.4 Å². The minimum atomic E-state index is 0.371. The topological polar surface area (TPSA) is 61.4 Å². The molecule has 2 aliphatic rings. The summed E-state index contributed by atoms with van der Waals surface area (Å²) in [6.07, 6.45) is 3.62. The molecule has 0 amide bonds. The van der Waals surface area contributed by atoms with Crippen LogP contribution in [0.1, 0.15) is 33.1 Å². The Balaban J connectivity index is 1.60. The lowest BCUT2D eigenvalue weighted by Gasteiger charge is -2.23. The van der Waals surface area contributed by atoms with Gasteiger partial charge in [0.25, 0.3) is 0 Å². The maximum atomic E-state index is 5.42. The van der Waals surface area contributed by atoms with Gasteiger partial charge in [0.2, 0.25) is 0 Å². The second-order valence-electron chi connectivity index (χ2n) is 7.79. The molecular weight excluding hydrogens is 366 g/mol. The van der Waals surface area contributed by atoms with E-state index >= 15 is 0 Å². The largest absolute Gasteiger partial charge is 0.497 e. The fourth-order valence-corrected chi connectivity index (χ4v) is 4.32. The van der Waals surface area contributed by atoms with Crippen molar-refractivity contribution in [2.75, 3.05) is 58.4 Å². The highest BCUT2D eigenvalue weighted by Crippen LogP contribution is 2.30. The van der Waals surface area contributed by atoms with Gasteiger partial charge in [0.1, 0.15) is 11.5 Å². The lowest BCUT2D eigenvalue weighted by molar-refractivity contribution is 0.273. The number of aliphatic imine (C=N–C) groups is 1. The minimum absolute atomic E-state index is 0.371. The summed E-state index contributed by atoms with van der Waals surface area (Å²) >= 11 is 0. The van der Waals surface area contributed by atoms with Crippen molar-refractivity contribution >= 4 is 11.6 Å². The van der Waals surface area contributed by atoms with Crippen LogP contribution < -0.4 is 25.0 Å². The molecule has 2 heterocycles. The van der Waals surface area contributed by atoms with Gasteiger partial charge in [-0.15, -0.1) is 0 Å². The first-order chi connectivity index (χ1) is 14.2. The van der Waals surface area contributed by atoms with Gasteiger partial charge in [0.15, 0.2) is 5.96 Å². The highest BCUT2D eigenvalue weighted by atomic mass is 16.5. The number of benzene rings is 1. The van der Waals surface area contributed by atoms with Gasteiger partial charge in [-0.25, -0.2) is 0 Å². The van der Waals surface area contributed by atoms with E-state index in [0.29, 0.717) is 12.1 Å². The van der Waals surface area contributed by atoms with Crippen LogP contribution in [0.25, 0.3) is 0 Å². The van der Waals surface area contributed by atoms with Crippen LogP contribution in [0.3, 0.4) is 0 Å². The number of methoxy groups -OCH3 is 2. The van der Waals surface area contributed by atoms with Gasteiger partial charge < -0.3 is 25.0 Å². The number of guanidine groups is 1. The van der Waals surface area contributed by atoms with E-state index in [2.05, 4.69) is 46.4 Å². The molecule has 2 N–H and O–H groups in total. The number of likely N-dealkylation sites (tertiary alicyclic amines) is 1. The number of hydrogen-bond acceptors (Lipinski definition) is 5. The smallest absolute Gasteiger partial charge is 0.191 e. The van der Waals surface area contributed by atoms with Gasteiger partial charge in [0.05, 0.1) is 20.8 Å². The summed E-state index contributed by atoms with van der Waals surface area (Å²) in [7, 11) is 3.38. The predicted octanol–water partition coefficient (Wildman–Crippen LogP) is 2.32. The summed E-state index contributed by atoms with van der Waals surface area (Å²) in [6.45, 7) is 10.4. The molecule has 0 aromatic heterocycles. The lowest BCUT2D eigenvalue weighted by Crippen LogP contribution is -2.45. The van der Waals surface area contributed by atoms with Gasteiger partial charge in [-0.3, -0.25) is 9.89 Å². The lowest BCUT2D eigenvalue weighted by atomic mass is 10.2. The normalized spacial score (nSPS) is 22.8. The summed E-state index contributed by atoms with van der Waals surface area (Å²) in [5.74, 6) is 2.58. The van der Waals surface area contributed by atoms with Crippen molar-refractivity contribution in [2.45, 2.75) is 45.2 Å². The number of rotatable bonds is 8. The monoisotopic (exact) mass is 403 g/mol. The molecule has 2 fully saturated rings. The molecule has 0 saturated carbocycles. The van der Waals surface area contributed by atoms with Gasteiger partial charge >= 0.3 is 0 Å². The Bertz CT molecular complexity index is 659. The maximum Gasteiger partial charge on any atom is 0.191 e. The molecule has 1 aromatic carbocycles. The van der Waals surface area contributed by atoms with E-state index in [-0.39, 0.29) is 0 Å². The van der Waals surface area contributed by atoms with Crippen LogP contribution in [0.4, 0.5) is 5.69 Å². The Hall–Kier alpha value is -2.15. The highest BCUT2D eigenvalue weighted by molar-refractivity contribution is 5.80. The Morgan fingerprint density at radius 3 is 2.52 bits per heavy atom. The average Bonchev–Trinajstić information content (AvgIpc) is 3.40. The van der Waals surface area contributed by atoms with Gasteiger partial charge in [0, 0.05) is 55.6 Å². The van der Waals surface area contributed by atoms with E-state index in [0.717, 1.165) is 62.3 Å². The highest BCUT2D eigenvalue weighted by Gasteiger charge is 2.25. The van der Waals surface area contributed by atoms with Crippen LogP contribution in [0.15, 0.2) is 23.2 Å². The fraction of sp³-hybridized carbons (Fsp3) is 0.682.